The highest BCUT2D eigenvalue weighted by Crippen LogP contribution is 2.02. The van der Waals surface area contributed by atoms with E-state index >= 15 is 0 Å². The van der Waals surface area contributed by atoms with E-state index in [2.05, 4.69) is 10.1 Å². The number of carbonyl (C=O) groups excluding carboxylic acids is 3. The second-order valence-corrected chi connectivity index (χ2v) is 3.76. The van der Waals surface area contributed by atoms with Crippen LogP contribution in [0.4, 0.5) is 4.79 Å². The maximum atomic E-state index is 11.3. The van der Waals surface area contributed by atoms with E-state index in [9.17, 15) is 14.4 Å². The molecule has 20 heavy (non-hydrogen) atoms. The van der Waals surface area contributed by atoms with E-state index in [1.165, 1.54) is 12.3 Å². The molecule has 7 heteroatoms. The van der Waals surface area contributed by atoms with Crippen LogP contribution in [0.5, 0.6) is 0 Å². The number of hydrogen-bond donors (Lipinski definition) is 2. The molecule has 1 rings (SSSR count). The highest BCUT2D eigenvalue weighted by Gasteiger charge is 2.08. The molecular formula is C13H16N2O5. The van der Waals surface area contributed by atoms with E-state index in [0.717, 1.165) is 12.5 Å². The lowest BCUT2D eigenvalue weighted by Crippen LogP contribution is -2.41. The first kappa shape index (κ1) is 15.5. The first-order valence-corrected chi connectivity index (χ1v) is 6.08. The summed E-state index contributed by atoms with van der Waals surface area (Å²) in [6.07, 6.45) is 4.76. The number of nitrogens with one attached hydrogen (secondary N) is 2. The molecule has 0 aliphatic rings. The van der Waals surface area contributed by atoms with Gasteiger partial charge < -0.3 is 14.5 Å². The predicted octanol–water partition coefficient (Wildman–Crippen LogP) is 1.07. The van der Waals surface area contributed by atoms with Crippen LogP contribution in [0.2, 0.25) is 0 Å². The van der Waals surface area contributed by atoms with Gasteiger partial charge in [-0.3, -0.25) is 10.1 Å². The largest absolute Gasteiger partial charge is 0.465 e. The van der Waals surface area contributed by atoms with Gasteiger partial charge in [-0.05, 0) is 24.6 Å². The Morgan fingerprint density at radius 3 is 2.85 bits per heavy atom. The number of furan rings is 1. The van der Waals surface area contributed by atoms with Crippen LogP contribution in [0.1, 0.15) is 19.1 Å². The van der Waals surface area contributed by atoms with E-state index in [1.54, 1.807) is 12.1 Å². The fraction of sp³-hybridized carbons (Fsp3) is 0.308. The molecule has 0 unspecified atom stereocenters. The van der Waals surface area contributed by atoms with Gasteiger partial charge in [-0.15, -0.1) is 0 Å². The molecule has 108 valence electrons. The van der Waals surface area contributed by atoms with Crippen molar-refractivity contribution in [3.8, 4) is 0 Å². The highest BCUT2D eigenvalue weighted by molar-refractivity contribution is 5.96. The van der Waals surface area contributed by atoms with Crippen LogP contribution in [0.25, 0.3) is 6.08 Å². The third-order valence-corrected chi connectivity index (χ3v) is 2.06. The fourth-order valence-electron chi connectivity index (χ4n) is 1.17. The van der Waals surface area contributed by atoms with E-state index in [0.29, 0.717) is 12.3 Å². The quantitative estimate of drug-likeness (QED) is 0.600. The minimum Gasteiger partial charge on any atom is -0.465 e. The Morgan fingerprint density at radius 2 is 2.20 bits per heavy atom. The van der Waals surface area contributed by atoms with Crippen LogP contribution in [-0.4, -0.2) is 31.1 Å². The Labute approximate surface area is 116 Å². The van der Waals surface area contributed by atoms with Crippen molar-refractivity contribution in [1.82, 2.24) is 10.6 Å². The number of hydrogen-bond acceptors (Lipinski definition) is 5. The molecule has 0 spiro atoms. The van der Waals surface area contributed by atoms with Crippen LogP contribution in [0, 0.1) is 0 Å². The summed E-state index contributed by atoms with van der Waals surface area (Å²) in [5.41, 5.74) is 0. The molecule has 7 nitrogen and oxygen atoms in total. The van der Waals surface area contributed by atoms with Gasteiger partial charge in [-0.25, -0.2) is 9.59 Å². The topological polar surface area (TPSA) is 97.6 Å². The molecule has 0 bridgehead atoms. The van der Waals surface area contributed by atoms with Gasteiger partial charge in [0.05, 0.1) is 6.26 Å². The summed E-state index contributed by atoms with van der Waals surface area (Å²) in [6.45, 7) is 1.82. The SMILES string of the molecule is CCCNC(=O)NC(=O)COC(=O)C=Cc1ccco1. The van der Waals surface area contributed by atoms with Crippen LogP contribution in [0.15, 0.2) is 28.9 Å². The van der Waals surface area contributed by atoms with Crippen molar-refractivity contribution in [3.05, 3.63) is 30.2 Å². The number of esters is 1. The fourth-order valence-corrected chi connectivity index (χ4v) is 1.17. The highest BCUT2D eigenvalue weighted by atomic mass is 16.5. The summed E-state index contributed by atoms with van der Waals surface area (Å²) >= 11 is 0. The maximum Gasteiger partial charge on any atom is 0.331 e. The number of amides is 3. The lowest BCUT2D eigenvalue weighted by atomic mass is 10.4. The summed E-state index contributed by atoms with van der Waals surface area (Å²) in [6, 6.07) is 2.72. The summed E-state index contributed by atoms with van der Waals surface area (Å²) in [5, 5.41) is 4.49. The Morgan fingerprint density at radius 1 is 1.40 bits per heavy atom. The lowest BCUT2D eigenvalue weighted by molar-refractivity contribution is -0.143. The molecule has 1 aromatic rings. The number of carbonyl (C=O) groups is 3. The lowest BCUT2D eigenvalue weighted by Gasteiger charge is -2.05. The normalized spacial score (nSPS) is 10.2. The van der Waals surface area contributed by atoms with Crippen LogP contribution in [0.3, 0.4) is 0 Å². The third-order valence-electron chi connectivity index (χ3n) is 2.06. The van der Waals surface area contributed by atoms with Crippen molar-refractivity contribution >= 4 is 24.0 Å². The van der Waals surface area contributed by atoms with Gasteiger partial charge >= 0.3 is 12.0 Å². The molecule has 0 fully saturated rings. The molecule has 1 aromatic heterocycles. The van der Waals surface area contributed by atoms with Crippen molar-refractivity contribution in [3.63, 3.8) is 0 Å². The second kappa shape index (κ2) is 8.52. The minimum absolute atomic E-state index is 0.463. The number of rotatable bonds is 6. The average molecular weight is 280 g/mol. The molecule has 0 radical (unpaired) electrons. The van der Waals surface area contributed by atoms with Gasteiger partial charge in [0.25, 0.3) is 5.91 Å². The number of ether oxygens (including phenoxy) is 1. The monoisotopic (exact) mass is 280 g/mol. The zero-order chi connectivity index (χ0) is 14.8. The Balaban J connectivity index is 2.23. The van der Waals surface area contributed by atoms with Gasteiger partial charge in [-0.1, -0.05) is 6.92 Å². The summed E-state index contributed by atoms with van der Waals surface area (Å²) in [4.78, 5) is 33.7. The van der Waals surface area contributed by atoms with Crippen molar-refractivity contribution < 1.29 is 23.5 Å². The zero-order valence-corrected chi connectivity index (χ0v) is 11.0. The predicted molar refractivity (Wildman–Crippen MR) is 70.5 cm³/mol. The number of imide groups is 1. The summed E-state index contributed by atoms with van der Waals surface area (Å²) in [5.74, 6) is -0.908. The van der Waals surface area contributed by atoms with Crippen LogP contribution >= 0.6 is 0 Å². The Bertz CT molecular complexity index is 479. The van der Waals surface area contributed by atoms with Gasteiger partial charge in [0.2, 0.25) is 0 Å². The minimum atomic E-state index is -0.703. The molecule has 0 saturated carbocycles. The zero-order valence-electron chi connectivity index (χ0n) is 11.0. The average Bonchev–Trinajstić information content (AvgIpc) is 2.93. The smallest absolute Gasteiger partial charge is 0.331 e. The molecule has 1 heterocycles. The Kier molecular flexibility index (Phi) is 6.60. The molecule has 3 amide bonds. The first-order valence-electron chi connectivity index (χ1n) is 6.08. The standard InChI is InChI=1S/C13H16N2O5/c1-2-7-14-13(18)15-11(16)9-20-12(17)6-5-10-4-3-8-19-10/h3-6,8H,2,7,9H2,1H3,(H2,14,15,16,18). The molecule has 2 N–H and O–H groups in total. The molecular weight excluding hydrogens is 264 g/mol. The summed E-state index contributed by atoms with van der Waals surface area (Å²) < 4.78 is 9.62. The van der Waals surface area contributed by atoms with Crippen molar-refractivity contribution in [2.75, 3.05) is 13.2 Å². The number of urea groups is 1. The molecule has 0 aliphatic carbocycles. The second-order valence-electron chi connectivity index (χ2n) is 3.76. The molecule has 0 saturated heterocycles. The van der Waals surface area contributed by atoms with E-state index in [4.69, 9.17) is 4.42 Å². The first-order chi connectivity index (χ1) is 9.61. The van der Waals surface area contributed by atoms with Crippen molar-refractivity contribution in [2.24, 2.45) is 0 Å². The van der Waals surface area contributed by atoms with Gasteiger partial charge in [0.1, 0.15) is 5.76 Å². The van der Waals surface area contributed by atoms with E-state index < -0.39 is 24.5 Å². The van der Waals surface area contributed by atoms with Crippen molar-refractivity contribution in [1.29, 1.82) is 0 Å². The van der Waals surface area contributed by atoms with Crippen LogP contribution in [-0.2, 0) is 14.3 Å². The van der Waals surface area contributed by atoms with Crippen molar-refractivity contribution in [2.45, 2.75) is 13.3 Å². The van der Waals surface area contributed by atoms with E-state index in [-0.39, 0.29) is 0 Å². The molecule has 0 aliphatic heterocycles. The molecule has 0 aromatic carbocycles. The van der Waals surface area contributed by atoms with E-state index in [1.807, 2.05) is 12.2 Å². The Hall–Kier alpha value is -2.57. The third kappa shape index (κ3) is 6.39. The van der Waals surface area contributed by atoms with Gasteiger partial charge in [0.15, 0.2) is 6.61 Å². The van der Waals surface area contributed by atoms with Gasteiger partial charge in [0, 0.05) is 12.6 Å². The maximum absolute atomic E-state index is 11.3. The van der Waals surface area contributed by atoms with Crippen LogP contribution < -0.4 is 10.6 Å². The summed E-state index contributed by atoms with van der Waals surface area (Å²) in [7, 11) is 0. The van der Waals surface area contributed by atoms with Gasteiger partial charge in [-0.2, -0.15) is 0 Å². The molecule has 0 atom stereocenters.